The van der Waals surface area contributed by atoms with Gasteiger partial charge in [0, 0.05) is 16.9 Å². The van der Waals surface area contributed by atoms with Gasteiger partial charge >= 0.3 is 0 Å². The molecule has 0 radical (unpaired) electrons. The van der Waals surface area contributed by atoms with E-state index >= 15 is 0 Å². The van der Waals surface area contributed by atoms with Crippen molar-refractivity contribution >= 4 is 22.7 Å². The van der Waals surface area contributed by atoms with Crippen molar-refractivity contribution < 1.29 is 0 Å². The van der Waals surface area contributed by atoms with E-state index in [-0.39, 0.29) is 0 Å². The first-order valence-electron chi connectivity index (χ1n) is 9.68. The first-order chi connectivity index (χ1) is 14.2. The number of hydrogen-bond donors (Lipinski definition) is 0. The lowest BCUT2D eigenvalue weighted by Gasteiger charge is -2.22. The molecule has 4 aromatic rings. The Balaban J connectivity index is 1.65. The van der Waals surface area contributed by atoms with Gasteiger partial charge in [0.05, 0.1) is 11.4 Å². The van der Waals surface area contributed by atoms with Gasteiger partial charge in [-0.2, -0.15) is 0 Å². The van der Waals surface area contributed by atoms with Crippen LogP contribution in [0.1, 0.15) is 11.6 Å². The van der Waals surface area contributed by atoms with Crippen LogP contribution < -0.4 is 9.80 Å². The Morgan fingerprint density at radius 1 is 0.621 bits per heavy atom. The van der Waals surface area contributed by atoms with Crippen LogP contribution in [0.5, 0.6) is 0 Å². The minimum atomic E-state index is 0.712. The zero-order valence-electron chi connectivity index (χ0n) is 16.4. The predicted molar refractivity (Wildman–Crippen MR) is 117 cm³/mol. The molecule has 0 spiro atoms. The highest BCUT2D eigenvalue weighted by atomic mass is 15.4. The summed E-state index contributed by atoms with van der Waals surface area (Å²) < 4.78 is 0. The Kier molecular flexibility index (Phi) is 4.21. The van der Waals surface area contributed by atoms with Crippen molar-refractivity contribution in [3.8, 4) is 11.4 Å². The molecule has 142 valence electrons. The summed E-state index contributed by atoms with van der Waals surface area (Å²) in [4.78, 5) is 18.1. The summed E-state index contributed by atoms with van der Waals surface area (Å²) in [7, 11) is 0. The van der Waals surface area contributed by atoms with E-state index in [2.05, 4.69) is 91.5 Å². The first kappa shape index (κ1) is 17.4. The molecule has 0 saturated carbocycles. The predicted octanol–water partition coefficient (Wildman–Crippen LogP) is 5.40. The van der Waals surface area contributed by atoms with Crippen LogP contribution in [0.4, 0.5) is 22.7 Å². The van der Waals surface area contributed by atoms with Crippen molar-refractivity contribution in [1.82, 2.24) is 15.0 Å². The molecular weight excluding hydrogens is 358 g/mol. The molecule has 0 saturated heterocycles. The molecule has 3 aromatic carbocycles. The van der Waals surface area contributed by atoms with E-state index in [1.165, 1.54) is 11.4 Å². The molecule has 1 aliphatic rings. The number of benzene rings is 3. The van der Waals surface area contributed by atoms with Crippen LogP contribution in [0.3, 0.4) is 0 Å². The lowest BCUT2D eigenvalue weighted by atomic mass is 10.1. The van der Waals surface area contributed by atoms with Gasteiger partial charge in [-0.05, 0) is 56.3 Å². The molecule has 1 aromatic heterocycles. The van der Waals surface area contributed by atoms with E-state index in [1.54, 1.807) is 0 Å². The van der Waals surface area contributed by atoms with Crippen molar-refractivity contribution in [2.75, 3.05) is 16.5 Å². The van der Waals surface area contributed by atoms with Crippen LogP contribution in [0.15, 0.2) is 78.9 Å². The third kappa shape index (κ3) is 3.21. The monoisotopic (exact) mass is 379 g/mol. The Hall–Kier alpha value is -3.73. The molecule has 0 unspecified atom stereocenters. The summed E-state index contributed by atoms with van der Waals surface area (Å²) in [6.45, 7) is 4.56. The first-order valence-corrected chi connectivity index (χ1v) is 9.68. The molecule has 0 aliphatic carbocycles. The SMILES string of the molecule is Cc1nc(C)nc(-c2ccc3c(c2)N(c2ccccc2)CN3c2ccccc2)n1. The van der Waals surface area contributed by atoms with E-state index < -0.39 is 0 Å². The van der Waals surface area contributed by atoms with Crippen LogP contribution in [-0.2, 0) is 0 Å². The van der Waals surface area contributed by atoms with E-state index in [0.717, 1.165) is 35.3 Å². The fourth-order valence-electron chi connectivity index (χ4n) is 3.80. The Morgan fingerprint density at radius 2 is 1.17 bits per heavy atom. The second kappa shape index (κ2) is 7.02. The molecular formula is C24H21N5. The molecule has 0 fully saturated rings. The normalized spacial score (nSPS) is 12.9. The summed E-state index contributed by atoms with van der Waals surface area (Å²) in [6.07, 6.45) is 0. The largest absolute Gasteiger partial charge is 0.321 e. The molecule has 5 heteroatoms. The van der Waals surface area contributed by atoms with Gasteiger partial charge in [0.1, 0.15) is 18.3 Å². The number of anilines is 4. The third-order valence-electron chi connectivity index (χ3n) is 5.09. The second-order valence-electron chi connectivity index (χ2n) is 7.13. The van der Waals surface area contributed by atoms with Crippen molar-refractivity contribution in [1.29, 1.82) is 0 Å². The van der Waals surface area contributed by atoms with Crippen molar-refractivity contribution in [2.24, 2.45) is 0 Å². The van der Waals surface area contributed by atoms with Crippen LogP contribution in [0.2, 0.25) is 0 Å². The summed E-state index contributed by atoms with van der Waals surface area (Å²) in [5, 5.41) is 0. The van der Waals surface area contributed by atoms with Gasteiger partial charge in [0.25, 0.3) is 0 Å². The van der Waals surface area contributed by atoms with Crippen molar-refractivity contribution in [2.45, 2.75) is 13.8 Å². The van der Waals surface area contributed by atoms with Gasteiger partial charge in [0.2, 0.25) is 0 Å². The van der Waals surface area contributed by atoms with Crippen LogP contribution in [0, 0.1) is 13.8 Å². The highest BCUT2D eigenvalue weighted by Crippen LogP contribution is 2.45. The zero-order valence-corrected chi connectivity index (χ0v) is 16.4. The molecule has 0 bridgehead atoms. The van der Waals surface area contributed by atoms with Crippen LogP contribution in [-0.4, -0.2) is 21.6 Å². The molecule has 0 atom stereocenters. The standard InChI is InChI=1S/C24H21N5/c1-17-25-18(2)27-24(26-17)19-13-14-22-23(15-19)29(21-11-7-4-8-12-21)16-28(22)20-9-5-3-6-10-20/h3-15H,16H2,1-2H3. The molecule has 5 rings (SSSR count). The summed E-state index contributed by atoms with van der Waals surface area (Å²) in [5.41, 5.74) is 5.65. The smallest absolute Gasteiger partial charge is 0.163 e. The third-order valence-corrected chi connectivity index (χ3v) is 5.09. The average Bonchev–Trinajstić information content (AvgIpc) is 3.13. The Morgan fingerprint density at radius 3 is 1.76 bits per heavy atom. The van der Waals surface area contributed by atoms with E-state index in [1.807, 2.05) is 26.0 Å². The van der Waals surface area contributed by atoms with Gasteiger partial charge in [-0.3, -0.25) is 0 Å². The quantitative estimate of drug-likeness (QED) is 0.477. The summed E-state index contributed by atoms with van der Waals surface area (Å²) in [5.74, 6) is 2.18. The van der Waals surface area contributed by atoms with E-state index in [9.17, 15) is 0 Å². The van der Waals surface area contributed by atoms with Gasteiger partial charge in [-0.25, -0.2) is 15.0 Å². The zero-order chi connectivity index (χ0) is 19.8. The van der Waals surface area contributed by atoms with Crippen molar-refractivity contribution in [3.05, 3.63) is 90.5 Å². The number of nitrogens with zero attached hydrogens (tertiary/aromatic N) is 5. The highest BCUT2D eigenvalue weighted by molar-refractivity contribution is 5.89. The highest BCUT2D eigenvalue weighted by Gasteiger charge is 2.28. The lowest BCUT2D eigenvalue weighted by Crippen LogP contribution is -2.23. The molecule has 0 amide bonds. The Bertz CT molecular complexity index is 1140. The number of hydrogen-bond acceptors (Lipinski definition) is 5. The maximum Gasteiger partial charge on any atom is 0.163 e. The van der Waals surface area contributed by atoms with Gasteiger partial charge in [-0.1, -0.05) is 36.4 Å². The van der Waals surface area contributed by atoms with Gasteiger partial charge < -0.3 is 9.80 Å². The lowest BCUT2D eigenvalue weighted by molar-refractivity contribution is 0.928. The maximum absolute atomic E-state index is 4.55. The maximum atomic E-state index is 4.55. The topological polar surface area (TPSA) is 45.2 Å². The summed E-state index contributed by atoms with van der Waals surface area (Å²) >= 11 is 0. The molecule has 5 nitrogen and oxygen atoms in total. The molecule has 0 N–H and O–H groups in total. The average molecular weight is 379 g/mol. The van der Waals surface area contributed by atoms with Crippen LogP contribution >= 0.6 is 0 Å². The van der Waals surface area contributed by atoms with Gasteiger partial charge in [0.15, 0.2) is 5.82 Å². The van der Waals surface area contributed by atoms with Crippen molar-refractivity contribution in [3.63, 3.8) is 0 Å². The fourth-order valence-corrected chi connectivity index (χ4v) is 3.80. The number of aryl methyl sites for hydroxylation is 2. The van der Waals surface area contributed by atoms with Crippen LogP contribution in [0.25, 0.3) is 11.4 Å². The van der Waals surface area contributed by atoms with Gasteiger partial charge in [-0.15, -0.1) is 0 Å². The number of rotatable bonds is 3. The van der Waals surface area contributed by atoms with E-state index in [4.69, 9.17) is 0 Å². The minimum Gasteiger partial charge on any atom is -0.321 e. The number of para-hydroxylation sites is 2. The number of fused-ring (bicyclic) bond motifs is 1. The number of aromatic nitrogens is 3. The molecule has 2 heterocycles. The fraction of sp³-hybridized carbons (Fsp3) is 0.125. The molecule has 29 heavy (non-hydrogen) atoms. The van der Waals surface area contributed by atoms with E-state index in [0.29, 0.717) is 5.82 Å². The summed E-state index contributed by atoms with van der Waals surface area (Å²) in [6, 6.07) is 27.4. The second-order valence-corrected chi connectivity index (χ2v) is 7.13. The molecule has 1 aliphatic heterocycles. The Labute approximate surface area is 170 Å². The minimum absolute atomic E-state index is 0.712.